The Morgan fingerprint density at radius 2 is 1.92 bits per heavy atom. The number of nitrogens with zero attached hydrogens (tertiary/aromatic N) is 3. The third-order valence-corrected chi connectivity index (χ3v) is 6.33. The Balaban J connectivity index is 1.37. The zero-order valence-corrected chi connectivity index (χ0v) is 20.7. The maximum atomic E-state index is 13.6. The van der Waals surface area contributed by atoms with Gasteiger partial charge in [0.2, 0.25) is 5.91 Å². The Morgan fingerprint density at radius 1 is 1.11 bits per heavy atom. The molecular formula is C29H27N5O4. The molecule has 0 unspecified atom stereocenters. The maximum absolute atomic E-state index is 13.6. The second kappa shape index (κ2) is 11.0. The number of carbonyl (C=O) groups is 3. The summed E-state index contributed by atoms with van der Waals surface area (Å²) in [5, 5.41) is 5.78. The molecule has 5 rings (SSSR count). The van der Waals surface area contributed by atoms with Crippen molar-refractivity contribution in [3.63, 3.8) is 0 Å². The molecule has 3 aromatic rings. The van der Waals surface area contributed by atoms with Crippen LogP contribution in [0, 0.1) is 0 Å². The van der Waals surface area contributed by atoms with Crippen molar-refractivity contribution >= 4 is 17.8 Å². The van der Waals surface area contributed by atoms with Gasteiger partial charge in [0.05, 0.1) is 23.9 Å². The van der Waals surface area contributed by atoms with Crippen LogP contribution in [-0.4, -0.2) is 52.3 Å². The van der Waals surface area contributed by atoms with E-state index in [4.69, 9.17) is 4.74 Å². The lowest BCUT2D eigenvalue weighted by atomic mass is 9.95. The number of carbonyl (C=O) groups excluding carboxylic acids is 3. The van der Waals surface area contributed by atoms with Gasteiger partial charge in [0.1, 0.15) is 18.0 Å². The Morgan fingerprint density at radius 3 is 2.68 bits per heavy atom. The SMILES string of the molecule is C=CCN1C(=O)N[C@@H](c2cccc(Oc3ccccc3)c2)C2=C1CN(CC(=O)NCc1cccnc1)C2=O. The van der Waals surface area contributed by atoms with Gasteiger partial charge in [-0.25, -0.2) is 4.79 Å². The number of hydrogen-bond donors (Lipinski definition) is 2. The number of aromatic nitrogens is 1. The highest BCUT2D eigenvalue weighted by Crippen LogP contribution is 2.37. The molecule has 0 bridgehead atoms. The van der Waals surface area contributed by atoms with Crippen molar-refractivity contribution in [2.75, 3.05) is 19.6 Å². The van der Waals surface area contributed by atoms with E-state index in [-0.39, 0.29) is 37.5 Å². The molecule has 2 N–H and O–H groups in total. The molecule has 9 nitrogen and oxygen atoms in total. The van der Waals surface area contributed by atoms with Crippen molar-refractivity contribution in [1.29, 1.82) is 0 Å². The standard InChI is InChI=1S/C29H27N5O4/c1-2-14-34-24-18-33(19-25(35)31-17-20-8-7-13-30-16-20)28(36)26(24)27(32-29(34)37)21-9-6-12-23(15-21)38-22-10-4-3-5-11-22/h2-13,15-16,27H,1,14,17-19H2,(H,31,35)(H,32,37)/t27-/m0/s1. The summed E-state index contributed by atoms with van der Waals surface area (Å²) in [5.74, 6) is 0.655. The lowest BCUT2D eigenvalue weighted by Crippen LogP contribution is -2.47. The number of para-hydroxylation sites is 1. The van der Waals surface area contributed by atoms with Crippen LogP contribution in [0.15, 0.2) is 103 Å². The quantitative estimate of drug-likeness (QED) is 0.430. The summed E-state index contributed by atoms with van der Waals surface area (Å²) in [6.45, 7) is 4.30. The molecule has 0 aliphatic carbocycles. The van der Waals surface area contributed by atoms with Crippen LogP contribution < -0.4 is 15.4 Å². The molecule has 2 aromatic carbocycles. The molecule has 0 radical (unpaired) electrons. The number of pyridine rings is 1. The second-order valence-corrected chi connectivity index (χ2v) is 8.93. The van der Waals surface area contributed by atoms with Gasteiger partial charge in [-0.3, -0.25) is 19.5 Å². The Labute approximate surface area is 220 Å². The highest BCUT2D eigenvalue weighted by atomic mass is 16.5. The number of nitrogens with one attached hydrogen (secondary N) is 2. The normalized spacial score (nSPS) is 16.7. The lowest BCUT2D eigenvalue weighted by molar-refractivity contribution is -0.132. The minimum absolute atomic E-state index is 0.133. The molecule has 0 spiro atoms. The van der Waals surface area contributed by atoms with Crippen LogP contribution in [0.25, 0.3) is 0 Å². The molecular weight excluding hydrogens is 482 g/mol. The average Bonchev–Trinajstić information content (AvgIpc) is 3.25. The van der Waals surface area contributed by atoms with Crippen LogP contribution in [0.4, 0.5) is 4.79 Å². The maximum Gasteiger partial charge on any atom is 0.322 e. The molecule has 192 valence electrons. The van der Waals surface area contributed by atoms with E-state index in [9.17, 15) is 14.4 Å². The highest BCUT2D eigenvalue weighted by Gasteiger charge is 2.44. The molecule has 1 aromatic heterocycles. The van der Waals surface area contributed by atoms with Crippen LogP contribution in [-0.2, 0) is 16.1 Å². The van der Waals surface area contributed by atoms with E-state index in [1.807, 2.05) is 60.7 Å². The third kappa shape index (κ3) is 5.27. The first kappa shape index (κ1) is 24.8. The van der Waals surface area contributed by atoms with Crippen molar-refractivity contribution in [1.82, 2.24) is 25.4 Å². The zero-order valence-electron chi connectivity index (χ0n) is 20.7. The van der Waals surface area contributed by atoms with Crippen molar-refractivity contribution in [3.05, 3.63) is 114 Å². The van der Waals surface area contributed by atoms with Crippen LogP contribution in [0.3, 0.4) is 0 Å². The first-order chi connectivity index (χ1) is 18.5. The first-order valence-electron chi connectivity index (χ1n) is 12.2. The molecule has 9 heteroatoms. The van der Waals surface area contributed by atoms with Crippen molar-refractivity contribution in [3.8, 4) is 11.5 Å². The summed E-state index contributed by atoms with van der Waals surface area (Å²) in [5.41, 5.74) is 2.56. The second-order valence-electron chi connectivity index (χ2n) is 8.93. The average molecular weight is 510 g/mol. The molecule has 0 saturated heterocycles. The van der Waals surface area contributed by atoms with Gasteiger partial charge in [0.25, 0.3) is 5.91 Å². The van der Waals surface area contributed by atoms with E-state index in [0.717, 1.165) is 5.56 Å². The molecule has 0 fully saturated rings. The van der Waals surface area contributed by atoms with Crippen LogP contribution in [0.1, 0.15) is 17.2 Å². The van der Waals surface area contributed by atoms with Crippen LogP contribution >= 0.6 is 0 Å². The van der Waals surface area contributed by atoms with Gasteiger partial charge < -0.3 is 20.3 Å². The minimum Gasteiger partial charge on any atom is -0.457 e. The van der Waals surface area contributed by atoms with Gasteiger partial charge in [0.15, 0.2) is 0 Å². The summed E-state index contributed by atoms with van der Waals surface area (Å²) in [6.07, 6.45) is 4.94. The van der Waals surface area contributed by atoms with E-state index in [2.05, 4.69) is 22.2 Å². The van der Waals surface area contributed by atoms with E-state index in [1.54, 1.807) is 24.5 Å². The summed E-state index contributed by atoms with van der Waals surface area (Å²) >= 11 is 0. The fraction of sp³-hybridized carbons (Fsp3) is 0.172. The fourth-order valence-electron chi connectivity index (χ4n) is 4.56. The Hall–Kier alpha value is -4.92. The zero-order chi connectivity index (χ0) is 26.5. The van der Waals surface area contributed by atoms with E-state index in [1.165, 1.54) is 9.80 Å². The highest BCUT2D eigenvalue weighted by molar-refractivity contribution is 6.03. The Bertz CT molecular complexity index is 1390. The summed E-state index contributed by atoms with van der Waals surface area (Å²) in [6, 6.07) is 19.3. The van der Waals surface area contributed by atoms with Crippen LogP contribution in [0.2, 0.25) is 0 Å². The monoisotopic (exact) mass is 509 g/mol. The first-order valence-corrected chi connectivity index (χ1v) is 12.2. The summed E-state index contributed by atoms with van der Waals surface area (Å²) in [7, 11) is 0. The van der Waals surface area contributed by atoms with Gasteiger partial charge in [-0.2, -0.15) is 0 Å². The van der Waals surface area contributed by atoms with Crippen molar-refractivity contribution in [2.45, 2.75) is 12.6 Å². The molecule has 2 aliphatic heterocycles. The molecule has 1 atom stereocenters. The summed E-state index contributed by atoms with van der Waals surface area (Å²) in [4.78, 5) is 46.4. The van der Waals surface area contributed by atoms with Gasteiger partial charge in [0, 0.05) is 25.5 Å². The largest absolute Gasteiger partial charge is 0.457 e. The minimum atomic E-state index is -0.686. The van der Waals surface area contributed by atoms with Crippen LogP contribution in [0.5, 0.6) is 11.5 Å². The number of hydrogen-bond acceptors (Lipinski definition) is 5. The molecule has 0 saturated carbocycles. The Kier molecular flexibility index (Phi) is 7.17. The molecule has 3 heterocycles. The number of benzene rings is 2. The number of ether oxygens (including phenoxy) is 1. The molecule has 4 amide bonds. The van der Waals surface area contributed by atoms with E-state index in [0.29, 0.717) is 34.9 Å². The number of urea groups is 1. The topological polar surface area (TPSA) is 104 Å². The predicted molar refractivity (Wildman–Crippen MR) is 141 cm³/mol. The van der Waals surface area contributed by atoms with Gasteiger partial charge in [-0.05, 0) is 41.5 Å². The molecule has 2 aliphatic rings. The number of rotatable bonds is 9. The van der Waals surface area contributed by atoms with Gasteiger partial charge in [-0.15, -0.1) is 6.58 Å². The lowest BCUT2D eigenvalue weighted by Gasteiger charge is -2.33. The van der Waals surface area contributed by atoms with E-state index < -0.39 is 6.04 Å². The fourth-order valence-corrected chi connectivity index (χ4v) is 4.56. The van der Waals surface area contributed by atoms with Gasteiger partial charge >= 0.3 is 6.03 Å². The van der Waals surface area contributed by atoms with E-state index >= 15 is 0 Å². The number of amides is 4. The smallest absolute Gasteiger partial charge is 0.322 e. The van der Waals surface area contributed by atoms with Crippen molar-refractivity contribution < 1.29 is 19.1 Å². The van der Waals surface area contributed by atoms with Crippen molar-refractivity contribution in [2.24, 2.45) is 0 Å². The third-order valence-electron chi connectivity index (χ3n) is 6.33. The molecule has 38 heavy (non-hydrogen) atoms. The summed E-state index contributed by atoms with van der Waals surface area (Å²) < 4.78 is 5.97. The predicted octanol–water partition coefficient (Wildman–Crippen LogP) is 3.54. The van der Waals surface area contributed by atoms with Gasteiger partial charge in [-0.1, -0.05) is 42.5 Å².